The summed E-state index contributed by atoms with van der Waals surface area (Å²) in [7, 11) is 0. The zero-order chi connectivity index (χ0) is 8.39. The maximum atomic E-state index is 13.0. The van der Waals surface area contributed by atoms with E-state index in [9.17, 15) is 4.39 Å². The van der Waals surface area contributed by atoms with E-state index in [2.05, 4.69) is 15.2 Å². The number of nitrogens with zero attached hydrogens (tertiary/aromatic N) is 2. The van der Waals surface area contributed by atoms with Crippen molar-refractivity contribution >= 4 is 0 Å². The van der Waals surface area contributed by atoms with Crippen molar-refractivity contribution in [2.24, 2.45) is 0 Å². The number of aromatic amines is 1. The highest BCUT2D eigenvalue weighted by Crippen LogP contribution is 2.18. The van der Waals surface area contributed by atoms with Gasteiger partial charge in [-0.25, -0.2) is 4.98 Å². The van der Waals surface area contributed by atoms with E-state index in [0.717, 1.165) is 0 Å². The Morgan fingerprint density at radius 3 is 3.00 bits per heavy atom. The molecule has 0 radical (unpaired) electrons. The normalized spacial score (nSPS) is 10.1. The number of rotatable bonds is 1. The largest absolute Gasteiger partial charge is 0.285 e. The lowest BCUT2D eigenvalue weighted by Crippen LogP contribution is -1.85. The summed E-state index contributed by atoms with van der Waals surface area (Å²) in [4.78, 5) is 3.53. The number of aromatic nitrogens is 3. The van der Waals surface area contributed by atoms with Crippen LogP contribution < -0.4 is 0 Å². The Hall–Kier alpha value is -1.71. The molecule has 0 aliphatic carbocycles. The van der Waals surface area contributed by atoms with E-state index < -0.39 is 5.95 Å². The molecular weight excluding hydrogens is 157 g/mol. The van der Waals surface area contributed by atoms with Crippen molar-refractivity contribution in [3.8, 4) is 11.1 Å². The summed E-state index contributed by atoms with van der Waals surface area (Å²) in [5.74, 6) is -0.473. The topological polar surface area (TPSA) is 41.6 Å². The Labute approximate surface area is 68.3 Å². The van der Waals surface area contributed by atoms with Gasteiger partial charge < -0.3 is 0 Å². The second-order valence-electron chi connectivity index (χ2n) is 2.33. The van der Waals surface area contributed by atoms with Crippen molar-refractivity contribution in [3.05, 3.63) is 36.7 Å². The average molecular weight is 163 g/mol. The lowest BCUT2D eigenvalue weighted by Gasteiger charge is -1.95. The van der Waals surface area contributed by atoms with Crippen LogP contribution in [0.4, 0.5) is 4.39 Å². The minimum Gasteiger partial charge on any atom is -0.285 e. The first kappa shape index (κ1) is 6.97. The van der Waals surface area contributed by atoms with Crippen LogP contribution in [0.3, 0.4) is 0 Å². The molecule has 0 fully saturated rings. The molecule has 0 saturated heterocycles. The average Bonchev–Trinajstić information content (AvgIpc) is 2.57. The minimum absolute atomic E-state index is 0.464. The molecule has 2 rings (SSSR count). The van der Waals surface area contributed by atoms with Gasteiger partial charge in [0.1, 0.15) is 0 Å². The number of hydrogen-bond donors (Lipinski definition) is 1. The van der Waals surface area contributed by atoms with Crippen molar-refractivity contribution in [2.45, 2.75) is 0 Å². The summed E-state index contributed by atoms with van der Waals surface area (Å²) in [5.41, 5.74) is 1.17. The molecule has 60 valence electrons. The van der Waals surface area contributed by atoms with Gasteiger partial charge in [0, 0.05) is 23.5 Å². The Morgan fingerprint density at radius 2 is 2.33 bits per heavy atom. The third-order valence-electron chi connectivity index (χ3n) is 1.57. The van der Waals surface area contributed by atoms with E-state index in [4.69, 9.17) is 0 Å². The highest BCUT2D eigenvalue weighted by atomic mass is 19.1. The fourth-order valence-electron chi connectivity index (χ4n) is 1.000. The summed E-state index contributed by atoms with van der Waals surface area (Å²) < 4.78 is 13.0. The van der Waals surface area contributed by atoms with Crippen LogP contribution in [-0.2, 0) is 0 Å². The predicted octanol–water partition coefficient (Wildman–Crippen LogP) is 1.61. The molecule has 0 spiro atoms. The van der Waals surface area contributed by atoms with Crippen molar-refractivity contribution < 1.29 is 4.39 Å². The monoisotopic (exact) mass is 163 g/mol. The molecule has 0 unspecified atom stereocenters. The van der Waals surface area contributed by atoms with Gasteiger partial charge in [-0.15, -0.1) is 0 Å². The Morgan fingerprint density at radius 1 is 1.42 bits per heavy atom. The number of halogens is 1. The third kappa shape index (κ3) is 1.07. The zero-order valence-corrected chi connectivity index (χ0v) is 6.16. The summed E-state index contributed by atoms with van der Waals surface area (Å²) in [6.07, 6.45) is 4.60. The molecule has 2 aromatic heterocycles. The molecular formula is C8H6FN3. The van der Waals surface area contributed by atoms with Crippen LogP contribution in [0.2, 0.25) is 0 Å². The van der Waals surface area contributed by atoms with E-state index in [-0.39, 0.29) is 0 Å². The highest BCUT2D eigenvalue weighted by Gasteiger charge is 2.04. The molecule has 0 aliphatic rings. The van der Waals surface area contributed by atoms with E-state index in [1.54, 1.807) is 24.5 Å². The number of nitrogens with one attached hydrogen (secondary N) is 1. The van der Waals surface area contributed by atoms with Gasteiger partial charge in [-0.05, 0) is 12.1 Å². The van der Waals surface area contributed by atoms with Crippen LogP contribution in [0.15, 0.2) is 30.7 Å². The maximum Gasteiger partial charge on any atom is 0.220 e. The molecule has 0 aromatic carbocycles. The van der Waals surface area contributed by atoms with E-state index in [1.807, 2.05) is 0 Å². The standard InChI is InChI=1S/C8H6FN3/c9-8-7(2-1-3-10-8)6-4-11-12-5-6/h1-5H,(H,11,12). The highest BCUT2D eigenvalue weighted by molar-refractivity contribution is 5.60. The lowest BCUT2D eigenvalue weighted by molar-refractivity contribution is 0.587. The van der Waals surface area contributed by atoms with Crippen LogP contribution in [0.5, 0.6) is 0 Å². The number of pyridine rings is 1. The fraction of sp³-hybridized carbons (Fsp3) is 0. The second kappa shape index (κ2) is 2.73. The molecule has 3 nitrogen and oxygen atoms in total. The van der Waals surface area contributed by atoms with Crippen molar-refractivity contribution in [1.29, 1.82) is 0 Å². The number of hydrogen-bond acceptors (Lipinski definition) is 2. The SMILES string of the molecule is Fc1ncccc1-c1cn[nH]c1. The van der Waals surface area contributed by atoms with Crippen LogP contribution in [0.1, 0.15) is 0 Å². The Bertz CT molecular complexity index is 370. The minimum atomic E-state index is -0.473. The van der Waals surface area contributed by atoms with Crippen LogP contribution in [0, 0.1) is 5.95 Å². The van der Waals surface area contributed by atoms with Gasteiger partial charge in [-0.3, -0.25) is 5.10 Å². The van der Waals surface area contributed by atoms with Gasteiger partial charge in [0.15, 0.2) is 0 Å². The predicted molar refractivity (Wildman–Crippen MR) is 41.8 cm³/mol. The quantitative estimate of drug-likeness (QED) is 0.649. The van der Waals surface area contributed by atoms with Gasteiger partial charge in [-0.1, -0.05) is 0 Å². The summed E-state index contributed by atoms with van der Waals surface area (Å²) in [5, 5.41) is 6.33. The first-order chi connectivity index (χ1) is 5.88. The molecule has 0 atom stereocenters. The van der Waals surface area contributed by atoms with Crippen molar-refractivity contribution in [1.82, 2.24) is 15.2 Å². The summed E-state index contributed by atoms with van der Waals surface area (Å²) in [6, 6.07) is 3.35. The maximum absolute atomic E-state index is 13.0. The molecule has 4 heteroatoms. The van der Waals surface area contributed by atoms with Crippen LogP contribution >= 0.6 is 0 Å². The van der Waals surface area contributed by atoms with Gasteiger partial charge in [0.25, 0.3) is 0 Å². The lowest BCUT2D eigenvalue weighted by atomic mass is 10.2. The molecule has 2 aromatic rings. The van der Waals surface area contributed by atoms with Crippen LogP contribution in [-0.4, -0.2) is 15.2 Å². The molecule has 1 N–H and O–H groups in total. The fourth-order valence-corrected chi connectivity index (χ4v) is 1.000. The first-order valence-corrected chi connectivity index (χ1v) is 3.47. The molecule has 0 aliphatic heterocycles. The van der Waals surface area contributed by atoms with E-state index in [1.165, 1.54) is 6.20 Å². The van der Waals surface area contributed by atoms with Crippen LogP contribution in [0.25, 0.3) is 11.1 Å². The van der Waals surface area contributed by atoms with E-state index >= 15 is 0 Å². The molecule has 0 bridgehead atoms. The molecule has 0 amide bonds. The smallest absolute Gasteiger partial charge is 0.220 e. The molecule has 2 heterocycles. The Kier molecular flexibility index (Phi) is 1.59. The van der Waals surface area contributed by atoms with Gasteiger partial charge in [0.2, 0.25) is 5.95 Å². The molecule has 12 heavy (non-hydrogen) atoms. The third-order valence-corrected chi connectivity index (χ3v) is 1.57. The van der Waals surface area contributed by atoms with Gasteiger partial charge in [0.05, 0.1) is 6.20 Å². The summed E-state index contributed by atoms with van der Waals surface area (Å²) in [6.45, 7) is 0. The zero-order valence-electron chi connectivity index (χ0n) is 6.16. The first-order valence-electron chi connectivity index (χ1n) is 3.47. The van der Waals surface area contributed by atoms with Gasteiger partial charge in [-0.2, -0.15) is 9.49 Å². The van der Waals surface area contributed by atoms with Gasteiger partial charge >= 0.3 is 0 Å². The second-order valence-corrected chi connectivity index (χ2v) is 2.33. The Balaban J connectivity index is 2.55. The molecule has 0 saturated carbocycles. The number of H-pyrrole nitrogens is 1. The summed E-state index contributed by atoms with van der Waals surface area (Å²) >= 11 is 0. The van der Waals surface area contributed by atoms with Crippen molar-refractivity contribution in [2.75, 3.05) is 0 Å². The van der Waals surface area contributed by atoms with Crippen molar-refractivity contribution in [3.63, 3.8) is 0 Å². The van der Waals surface area contributed by atoms with E-state index in [0.29, 0.717) is 11.1 Å².